The van der Waals surface area contributed by atoms with Gasteiger partial charge in [-0.15, -0.1) is 0 Å². The Kier molecular flexibility index (Phi) is 8.21. The number of hydrogen-bond acceptors (Lipinski definition) is 6. The van der Waals surface area contributed by atoms with E-state index in [0.717, 1.165) is 80.3 Å². The highest BCUT2D eigenvalue weighted by atomic mass is 16.6. The lowest BCUT2D eigenvalue weighted by atomic mass is 9.34. The first-order chi connectivity index (χ1) is 23.1. The molecule has 1 aromatic rings. The number of carbonyl (C=O) groups is 3. The van der Waals surface area contributed by atoms with Crippen LogP contribution in [0.1, 0.15) is 92.1 Å². The molecule has 1 saturated heterocycles. The number of fused-ring (bicyclic) bond motifs is 7. The zero-order valence-electron chi connectivity index (χ0n) is 30.6. The van der Waals surface area contributed by atoms with E-state index in [-0.39, 0.29) is 39.2 Å². The molecule has 0 unspecified atom stereocenters. The zero-order valence-corrected chi connectivity index (χ0v) is 30.6. The van der Waals surface area contributed by atoms with Crippen LogP contribution in [0.15, 0.2) is 76.6 Å². The van der Waals surface area contributed by atoms with Crippen molar-refractivity contribution in [3.8, 4) is 0 Å². The molecule has 0 aromatic heterocycles. The third kappa shape index (κ3) is 5.28. The molecule has 49 heavy (non-hydrogen) atoms. The van der Waals surface area contributed by atoms with Gasteiger partial charge >= 0.3 is 12.1 Å². The van der Waals surface area contributed by atoms with Crippen LogP contribution in [0.3, 0.4) is 0 Å². The van der Waals surface area contributed by atoms with E-state index in [2.05, 4.69) is 51.7 Å². The van der Waals surface area contributed by atoms with Crippen molar-refractivity contribution in [3.63, 3.8) is 0 Å². The van der Waals surface area contributed by atoms with Gasteiger partial charge in [0.2, 0.25) is 5.78 Å². The maximum atomic E-state index is 13.8. The number of ether oxygens (including phenoxy) is 2. The highest BCUT2D eigenvalue weighted by Gasteiger charge is 2.67. The lowest BCUT2D eigenvalue weighted by Gasteiger charge is -2.70. The number of benzene rings is 1. The predicted octanol–water partition coefficient (Wildman–Crippen LogP) is 8.18. The Balaban J connectivity index is 1.17. The number of allylic oxidation sites excluding steroid dienone is 7. The molecule has 6 aliphatic rings. The first-order valence-corrected chi connectivity index (χ1v) is 18.4. The summed E-state index contributed by atoms with van der Waals surface area (Å²) < 4.78 is 11.8. The van der Waals surface area contributed by atoms with E-state index < -0.39 is 11.5 Å². The molecule has 0 bridgehead atoms. The van der Waals surface area contributed by atoms with E-state index in [1.165, 1.54) is 5.57 Å². The van der Waals surface area contributed by atoms with Crippen molar-refractivity contribution in [1.29, 1.82) is 0 Å². The third-order valence-corrected chi connectivity index (χ3v) is 14.5. The third-order valence-electron chi connectivity index (χ3n) is 14.5. The van der Waals surface area contributed by atoms with Crippen molar-refractivity contribution in [1.82, 2.24) is 9.80 Å². The molecule has 1 aliphatic heterocycles. The number of hydrogen-bond donors (Lipinski definition) is 0. The van der Waals surface area contributed by atoms with Gasteiger partial charge in [0.1, 0.15) is 6.61 Å². The number of nitrogens with zero attached hydrogens (tertiary/aromatic N) is 2. The number of amides is 1. The molecule has 0 radical (unpaired) electrons. The summed E-state index contributed by atoms with van der Waals surface area (Å²) in [7, 11) is 2.04. The minimum Gasteiger partial charge on any atom is -0.460 e. The molecule has 3 saturated carbocycles. The maximum Gasteiger partial charge on any atom is 0.415 e. The quantitative estimate of drug-likeness (QED) is 0.302. The first kappa shape index (κ1) is 34.0. The van der Waals surface area contributed by atoms with Crippen molar-refractivity contribution in [3.05, 3.63) is 82.2 Å². The number of carbonyl (C=O) groups excluding carboxylic acids is 3. The molecule has 0 spiro atoms. The SMILES string of the molecule is CC1=C(OC(=O)N2CCN(C)CC2)C(=O)C=C2C1=CC=C1[C@@]2(C)CC[C@@]2(C)[C@@H]3C[C@](C)(C(=O)OCc4ccccc4)CC[C@]3(C)CC[C@]12C. The average Bonchev–Trinajstić information content (AvgIpc) is 3.08. The second-order valence-corrected chi connectivity index (χ2v) is 17.3. The van der Waals surface area contributed by atoms with Crippen LogP contribution in [-0.4, -0.2) is 60.9 Å². The number of esters is 1. The summed E-state index contributed by atoms with van der Waals surface area (Å²) in [6, 6.07) is 9.96. The maximum absolute atomic E-state index is 13.8. The van der Waals surface area contributed by atoms with Crippen molar-refractivity contribution >= 4 is 17.8 Å². The Hall–Kier alpha value is -3.45. The Labute approximate surface area is 292 Å². The highest BCUT2D eigenvalue weighted by molar-refractivity contribution is 6.08. The van der Waals surface area contributed by atoms with Gasteiger partial charge in [0.05, 0.1) is 5.41 Å². The second kappa shape index (κ2) is 11.8. The molecule has 5 aliphatic carbocycles. The fraction of sp³-hybridized carbons (Fsp3) is 0.595. The van der Waals surface area contributed by atoms with Crippen LogP contribution in [0.5, 0.6) is 0 Å². The van der Waals surface area contributed by atoms with Crippen LogP contribution in [0, 0.1) is 33.0 Å². The van der Waals surface area contributed by atoms with Gasteiger partial charge in [-0.05, 0) is 111 Å². The van der Waals surface area contributed by atoms with Crippen molar-refractivity contribution in [2.24, 2.45) is 33.0 Å². The summed E-state index contributed by atoms with van der Waals surface area (Å²) in [6.07, 6.45) is 12.7. The minimum absolute atomic E-state index is 0.0224. The Bertz CT molecular complexity index is 1700. The number of ketones is 1. The summed E-state index contributed by atoms with van der Waals surface area (Å²) in [6.45, 7) is 16.9. The molecule has 7 nitrogen and oxygen atoms in total. The van der Waals surface area contributed by atoms with Gasteiger partial charge in [-0.2, -0.15) is 0 Å². The number of rotatable bonds is 4. The normalized spacial score (nSPS) is 37.4. The van der Waals surface area contributed by atoms with E-state index in [0.29, 0.717) is 25.6 Å². The molecule has 1 heterocycles. The van der Waals surface area contributed by atoms with Gasteiger partial charge in [-0.3, -0.25) is 9.59 Å². The molecule has 7 heteroatoms. The van der Waals surface area contributed by atoms with Gasteiger partial charge in [-0.25, -0.2) is 4.79 Å². The topological polar surface area (TPSA) is 76.2 Å². The van der Waals surface area contributed by atoms with Crippen molar-refractivity contribution < 1.29 is 23.9 Å². The number of piperazine rings is 1. The Morgan fingerprint density at radius 3 is 2.29 bits per heavy atom. The minimum atomic E-state index is -0.521. The van der Waals surface area contributed by atoms with Crippen LogP contribution >= 0.6 is 0 Å². The Morgan fingerprint density at radius 2 is 1.57 bits per heavy atom. The van der Waals surface area contributed by atoms with Crippen molar-refractivity contribution in [2.75, 3.05) is 33.2 Å². The number of likely N-dealkylation sites (N-methyl/N-ethyl adjacent to an activating group) is 1. The van der Waals surface area contributed by atoms with Crippen LogP contribution in [0.4, 0.5) is 4.79 Å². The van der Waals surface area contributed by atoms with Gasteiger partial charge in [0.15, 0.2) is 5.76 Å². The van der Waals surface area contributed by atoms with Crippen molar-refractivity contribution in [2.45, 2.75) is 93.1 Å². The fourth-order valence-corrected chi connectivity index (χ4v) is 10.8. The van der Waals surface area contributed by atoms with E-state index in [4.69, 9.17) is 9.47 Å². The summed E-state index contributed by atoms with van der Waals surface area (Å²) in [5.74, 6) is 0.222. The molecule has 262 valence electrons. The molecule has 4 fully saturated rings. The van der Waals surface area contributed by atoms with Gasteiger partial charge in [0.25, 0.3) is 0 Å². The monoisotopic (exact) mass is 666 g/mol. The summed E-state index contributed by atoms with van der Waals surface area (Å²) >= 11 is 0. The van der Waals surface area contributed by atoms with Gasteiger partial charge < -0.3 is 19.3 Å². The molecular formula is C42H54N2O5. The highest BCUT2D eigenvalue weighted by Crippen LogP contribution is 2.75. The fourth-order valence-electron chi connectivity index (χ4n) is 10.8. The molecule has 7 rings (SSSR count). The predicted molar refractivity (Wildman–Crippen MR) is 190 cm³/mol. The van der Waals surface area contributed by atoms with Gasteiger partial charge in [0, 0.05) is 37.2 Å². The van der Waals surface area contributed by atoms with Gasteiger partial charge in [-0.1, -0.05) is 75.8 Å². The average molecular weight is 667 g/mol. The zero-order chi connectivity index (χ0) is 35.0. The lowest BCUT2D eigenvalue weighted by molar-refractivity contribution is -0.183. The van der Waals surface area contributed by atoms with Crippen LogP contribution in [0.2, 0.25) is 0 Å². The molecule has 1 amide bonds. The molecule has 6 atom stereocenters. The summed E-state index contributed by atoms with van der Waals surface area (Å²) in [5, 5.41) is 0. The Morgan fingerprint density at radius 1 is 0.878 bits per heavy atom. The largest absolute Gasteiger partial charge is 0.460 e. The first-order valence-electron chi connectivity index (χ1n) is 18.4. The smallest absolute Gasteiger partial charge is 0.415 e. The van der Waals surface area contributed by atoms with Crippen LogP contribution in [-0.2, 0) is 25.7 Å². The lowest BCUT2D eigenvalue weighted by Crippen LogP contribution is -2.62. The summed E-state index contributed by atoms with van der Waals surface area (Å²) in [4.78, 5) is 44.5. The molecule has 1 aromatic carbocycles. The molecular weight excluding hydrogens is 612 g/mol. The summed E-state index contributed by atoms with van der Waals surface area (Å²) in [5.41, 5.74) is 4.44. The standard InChI is InChI=1S/C42H54N2O5/c1-28-30-13-14-33-40(4,31(30)25-32(45)35(28)49-37(47)44-23-21-43(7)22-24-44)18-20-42(6)34-26-39(3,16-15-38(34,2)17-19-41(33,42)5)36(46)48-27-29-11-9-8-10-12-29/h8-14,25,34H,15-24,26-27H2,1-7H3/t34-,38-,39-,40+,41-,42+/m1/s1. The van der Waals surface area contributed by atoms with E-state index in [9.17, 15) is 14.4 Å². The van der Waals surface area contributed by atoms with Crippen LogP contribution in [0.25, 0.3) is 0 Å². The van der Waals surface area contributed by atoms with Crippen LogP contribution < -0.4 is 0 Å². The van der Waals surface area contributed by atoms with E-state index in [1.807, 2.05) is 44.3 Å². The van der Waals surface area contributed by atoms with E-state index in [1.54, 1.807) is 11.0 Å². The van der Waals surface area contributed by atoms with E-state index >= 15 is 0 Å². The second-order valence-electron chi connectivity index (χ2n) is 17.3. The molecule has 0 N–H and O–H groups in total.